The molecule has 0 aliphatic rings. The third-order valence-electron chi connectivity index (χ3n) is 2.91. The summed E-state index contributed by atoms with van der Waals surface area (Å²) in [7, 11) is -3.63. The maximum atomic E-state index is 12.4. The zero-order chi connectivity index (χ0) is 14.8. The van der Waals surface area contributed by atoms with Gasteiger partial charge in [-0.15, -0.1) is 0 Å². The molecule has 3 N–H and O–H groups in total. The van der Waals surface area contributed by atoms with Crippen LogP contribution >= 0.6 is 15.9 Å². The molecule has 106 valence electrons. The van der Waals surface area contributed by atoms with E-state index in [4.69, 9.17) is 5.73 Å². The zero-order valence-electron chi connectivity index (χ0n) is 10.9. The Morgan fingerprint density at radius 1 is 1.20 bits per heavy atom. The number of rotatable bonds is 4. The number of aryl methyl sites for hydroxylation is 1. The predicted molar refractivity (Wildman–Crippen MR) is 84.0 cm³/mol. The van der Waals surface area contributed by atoms with Crippen molar-refractivity contribution in [2.24, 2.45) is 5.73 Å². The first-order valence-electron chi connectivity index (χ1n) is 6.01. The summed E-state index contributed by atoms with van der Waals surface area (Å²) in [5.74, 6) is 0. The van der Waals surface area contributed by atoms with E-state index in [2.05, 4.69) is 20.7 Å². The molecule has 6 heteroatoms. The van der Waals surface area contributed by atoms with Crippen LogP contribution in [0.5, 0.6) is 0 Å². The average Bonchev–Trinajstić information content (AvgIpc) is 2.40. The fourth-order valence-electron chi connectivity index (χ4n) is 1.78. The number of sulfonamides is 1. The Morgan fingerprint density at radius 2 is 1.90 bits per heavy atom. The van der Waals surface area contributed by atoms with Crippen LogP contribution in [0.2, 0.25) is 0 Å². The fourth-order valence-corrected chi connectivity index (χ4v) is 4.03. The molecule has 0 amide bonds. The van der Waals surface area contributed by atoms with Crippen molar-refractivity contribution in [3.8, 4) is 0 Å². The largest absolute Gasteiger partial charge is 0.326 e. The molecule has 0 atom stereocenters. The van der Waals surface area contributed by atoms with Gasteiger partial charge in [-0.3, -0.25) is 4.72 Å². The Hall–Kier alpha value is -1.37. The van der Waals surface area contributed by atoms with Crippen molar-refractivity contribution in [3.63, 3.8) is 0 Å². The van der Waals surface area contributed by atoms with Crippen molar-refractivity contribution in [1.29, 1.82) is 0 Å². The van der Waals surface area contributed by atoms with Crippen LogP contribution in [0.3, 0.4) is 0 Å². The van der Waals surface area contributed by atoms with Gasteiger partial charge in [0.1, 0.15) is 4.90 Å². The molecular weight excluding hydrogens is 340 g/mol. The third-order valence-corrected chi connectivity index (χ3v) is 5.25. The van der Waals surface area contributed by atoms with E-state index in [1.807, 2.05) is 19.1 Å². The van der Waals surface area contributed by atoms with E-state index in [0.29, 0.717) is 16.7 Å². The maximum Gasteiger partial charge on any atom is 0.263 e. The van der Waals surface area contributed by atoms with Crippen LogP contribution in [0.15, 0.2) is 51.8 Å². The summed E-state index contributed by atoms with van der Waals surface area (Å²) in [6.07, 6.45) is 0. The summed E-state index contributed by atoms with van der Waals surface area (Å²) in [5, 5.41) is 0. The van der Waals surface area contributed by atoms with Gasteiger partial charge in [0.15, 0.2) is 0 Å². The molecule has 0 aromatic heterocycles. The Kier molecular flexibility index (Phi) is 4.47. The van der Waals surface area contributed by atoms with Gasteiger partial charge in [-0.2, -0.15) is 0 Å². The molecule has 0 fully saturated rings. The molecule has 0 saturated carbocycles. The van der Waals surface area contributed by atoms with Gasteiger partial charge in [0.2, 0.25) is 0 Å². The summed E-state index contributed by atoms with van der Waals surface area (Å²) < 4.78 is 27.9. The maximum absolute atomic E-state index is 12.4. The Balaban J connectivity index is 2.39. The van der Waals surface area contributed by atoms with E-state index >= 15 is 0 Å². The molecule has 2 aromatic carbocycles. The first kappa shape index (κ1) is 15.0. The SMILES string of the molecule is Cc1ccccc1NS(=O)(=O)c1ccc(CN)cc1Br. The summed E-state index contributed by atoms with van der Waals surface area (Å²) in [6, 6.07) is 12.2. The van der Waals surface area contributed by atoms with Crippen molar-refractivity contribution in [2.75, 3.05) is 4.72 Å². The second-order valence-electron chi connectivity index (χ2n) is 4.39. The van der Waals surface area contributed by atoms with Gasteiger partial charge in [-0.1, -0.05) is 24.3 Å². The van der Waals surface area contributed by atoms with E-state index in [1.54, 1.807) is 30.3 Å². The van der Waals surface area contributed by atoms with Gasteiger partial charge in [0, 0.05) is 11.0 Å². The molecule has 0 aliphatic carbocycles. The smallest absolute Gasteiger partial charge is 0.263 e. The molecule has 2 rings (SSSR count). The van der Waals surface area contributed by atoms with Crippen molar-refractivity contribution >= 4 is 31.6 Å². The van der Waals surface area contributed by atoms with Crippen LogP contribution in [0, 0.1) is 6.92 Å². The third kappa shape index (κ3) is 3.20. The van der Waals surface area contributed by atoms with Crippen LogP contribution in [-0.2, 0) is 16.6 Å². The fraction of sp³-hybridized carbons (Fsp3) is 0.143. The lowest BCUT2D eigenvalue weighted by atomic mass is 10.2. The molecule has 0 saturated heterocycles. The molecule has 0 heterocycles. The minimum atomic E-state index is -3.63. The van der Waals surface area contributed by atoms with Gasteiger partial charge in [-0.25, -0.2) is 8.42 Å². The summed E-state index contributed by atoms with van der Waals surface area (Å²) in [5.41, 5.74) is 7.84. The Bertz CT molecular complexity index is 730. The number of para-hydroxylation sites is 1. The first-order chi connectivity index (χ1) is 9.44. The number of nitrogens with two attached hydrogens (primary N) is 1. The molecule has 2 aromatic rings. The lowest BCUT2D eigenvalue weighted by molar-refractivity contribution is 0.600. The van der Waals surface area contributed by atoms with Gasteiger partial charge >= 0.3 is 0 Å². The Labute approximate surface area is 127 Å². The predicted octanol–water partition coefficient (Wildman–Crippen LogP) is 3.02. The lowest BCUT2D eigenvalue weighted by Crippen LogP contribution is -2.14. The summed E-state index contributed by atoms with van der Waals surface area (Å²) in [4.78, 5) is 0.193. The quantitative estimate of drug-likeness (QED) is 0.886. The van der Waals surface area contributed by atoms with Gasteiger partial charge in [0.25, 0.3) is 10.0 Å². The molecule has 0 radical (unpaired) electrons. The highest BCUT2D eigenvalue weighted by atomic mass is 79.9. The second kappa shape index (κ2) is 5.95. The van der Waals surface area contributed by atoms with Crippen molar-refractivity contribution in [3.05, 3.63) is 58.1 Å². The highest BCUT2D eigenvalue weighted by Crippen LogP contribution is 2.26. The van der Waals surface area contributed by atoms with Crippen molar-refractivity contribution in [2.45, 2.75) is 18.4 Å². The van der Waals surface area contributed by atoms with Gasteiger partial charge < -0.3 is 5.73 Å². The van der Waals surface area contributed by atoms with E-state index < -0.39 is 10.0 Å². The monoisotopic (exact) mass is 354 g/mol. The van der Waals surface area contributed by atoms with Gasteiger partial charge in [-0.05, 0) is 52.2 Å². The molecule has 20 heavy (non-hydrogen) atoms. The number of anilines is 1. The van der Waals surface area contributed by atoms with Crippen LogP contribution in [0.25, 0.3) is 0 Å². The van der Waals surface area contributed by atoms with Crippen LogP contribution < -0.4 is 10.5 Å². The van der Waals surface area contributed by atoms with E-state index in [0.717, 1.165) is 11.1 Å². The highest BCUT2D eigenvalue weighted by molar-refractivity contribution is 9.10. The first-order valence-corrected chi connectivity index (χ1v) is 8.28. The standard InChI is InChI=1S/C14H15BrN2O2S/c1-10-4-2-3-5-13(10)17-20(18,19)14-7-6-11(9-16)8-12(14)15/h2-8,17H,9,16H2,1H3. The minimum absolute atomic E-state index is 0.193. The number of hydrogen-bond acceptors (Lipinski definition) is 3. The molecule has 0 aliphatic heterocycles. The molecule has 0 bridgehead atoms. The Morgan fingerprint density at radius 3 is 2.50 bits per heavy atom. The minimum Gasteiger partial charge on any atom is -0.326 e. The number of benzene rings is 2. The normalized spacial score (nSPS) is 11.3. The molecule has 0 spiro atoms. The van der Waals surface area contributed by atoms with Crippen molar-refractivity contribution in [1.82, 2.24) is 0 Å². The van der Waals surface area contributed by atoms with E-state index in [-0.39, 0.29) is 4.90 Å². The average molecular weight is 355 g/mol. The summed E-state index contributed by atoms with van der Waals surface area (Å²) >= 11 is 3.28. The zero-order valence-corrected chi connectivity index (χ0v) is 13.3. The van der Waals surface area contributed by atoms with Crippen LogP contribution in [0.4, 0.5) is 5.69 Å². The van der Waals surface area contributed by atoms with E-state index in [1.165, 1.54) is 0 Å². The number of nitrogens with one attached hydrogen (secondary N) is 1. The molecular formula is C14H15BrN2O2S. The van der Waals surface area contributed by atoms with E-state index in [9.17, 15) is 8.42 Å². The second-order valence-corrected chi connectivity index (χ2v) is 6.89. The molecule has 0 unspecified atom stereocenters. The number of hydrogen-bond donors (Lipinski definition) is 2. The summed E-state index contributed by atoms with van der Waals surface area (Å²) in [6.45, 7) is 2.22. The van der Waals surface area contributed by atoms with Gasteiger partial charge in [0.05, 0.1) is 5.69 Å². The number of halogens is 1. The van der Waals surface area contributed by atoms with Crippen molar-refractivity contribution < 1.29 is 8.42 Å². The highest BCUT2D eigenvalue weighted by Gasteiger charge is 2.18. The topological polar surface area (TPSA) is 72.2 Å². The molecule has 4 nitrogen and oxygen atoms in total. The lowest BCUT2D eigenvalue weighted by Gasteiger charge is -2.12. The van der Waals surface area contributed by atoms with Crippen LogP contribution in [-0.4, -0.2) is 8.42 Å². The van der Waals surface area contributed by atoms with Crippen LogP contribution in [0.1, 0.15) is 11.1 Å².